The Bertz CT molecular complexity index is 316. The first kappa shape index (κ1) is 16.1. The fourth-order valence-electron chi connectivity index (χ4n) is 1.02. The van der Waals surface area contributed by atoms with Crippen LogP contribution >= 0.6 is 0 Å². The van der Waals surface area contributed by atoms with Gasteiger partial charge in [0.05, 0.1) is 12.9 Å². The van der Waals surface area contributed by atoms with Crippen molar-refractivity contribution in [1.29, 1.82) is 0 Å². The van der Waals surface area contributed by atoms with E-state index in [1.165, 1.54) is 0 Å². The van der Waals surface area contributed by atoms with Crippen LogP contribution in [0.4, 0.5) is 0 Å². The summed E-state index contributed by atoms with van der Waals surface area (Å²) in [7, 11) is -1.47. The van der Waals surface area contributed by atoms with Crippen molar-refractivity contribution in [2.24, 2.45) is 4.99 Å². The van der Waals surface area contributed by atoms with Gasteiger partial charge in [0.15, 0.2) is 5.96 Å². The Labute approximate surface area is 103 Å². The Morgan fingerprint density at radius 1 is 1.24 bits per heavy atom. The van der Waals surface area contributed by atoms with Crippen LogP contribution in [0.25, 0.3) is 0 Å². The van der Waals surface area contributed by atoms with Gasteiger partial charge in [-0.2, -0.15) is 0 Å². The van der Waals surface area contributed by atoms with Crippen LogP contribution in [0.3, 0.4) is 0 Å². The smallest absolute Gasteiger partial charge is 0.208 e. The molecule has 0 atom stereocenters. The van der Waals surface area contributed by atoms with E-state index in [-0.39, 0.29) is 0 Å². The number of nitrogens with zero attached hydrogens (tertiary/aromatic N) is 1. The topological polar surface area (TPSA) is 91.8 Å². The maximum atomic E-state index is 10.8. The molecule has 0 unspecified atom stereocenters. The van der Waals surface area contributed by atoms with Gasteiger partial charge in [0.2, 0.25) is 10.0 Å². The molecule has 3 N–H and O–H groups in total. The van der Waals surface area contributed by atoms with Crippen molar-refractivity contribution in [3.63, 3.8) is 0 Å². The quantitative estimate of drug-likeness (QED) is 0.290. The van der Waals surface area contributed by atoms with Crippen molar-refractivity contribution in [2.45, 2.75) is 6.92 Å². The van der Waals surface area contributed by atoms with Crippen LogP contribution in [0, 0.1) is 0 Å². The highest BCUT2D eigenvalue weighted by atomic mass is 32.2. The molecule has 0 fully saturated rings. The van der Waals surface area contributed by atoms with Crippen LogP contribution < -0.4 is 15.4 Å². The SMILES string of the molecule is CCOCCNC(=NC)NCCNS(C)(=O)=O. The van der Waals surface area contributed by atoms with Crippen LogP contribution in [0.15, 0.2) is 4.99 Å². The van der Waals surface area contributed by atoms with Gasteiger partial charge in [-0.25, -0.2) is 13.1 Å². The lowest BCUT2D eigenvalue weighted by molar-refractivity contribution is 0.152. The standard InChI is InChI=1S/C9H22N4O3S/c1-4-16-8-7-12-9(10-2)11-5-6-13-17(3,14)15/h13H,4-8H2,1-3H3,(H2,10,11,12). The first-order chi connectivity index (χ1) is 7.99. The summed E-state index contributed by atoms with van der Waals surface area (Å²) in [5.41, 5.74) is 0. The first-order valence-corrected chi connectivity index (χ1v) is 7.35. The van der Waals surface area contributed by atoms with Crippen molar-refractivity contribution in [2.75, 3.05) is 46.2 Å². The van der Waals surface area contributed by atoms with Gasteiger partial charge in [-0.05, 0) is 6.92 Å². The van der Waals surface area contributed by atoms with Gasteiger partial charge in [0.25, 0.3) is 0 Å². The maximum Gasteiger partial charge on any atom is 0.208 e. The molecule has 0 aliphatic rings. The second-order valence-electron chi connectivity index (χ2n) is 3.29. The molecule has 0 aromatic rings. The van der Waals surface area contributed by atoms with Gasteiger partial charge in [-0.3, -0.25) is 4.99 Å². The zero-order valence-corrected chi connectivity index (χ0v) is 11.4. The molecule has 0 radical (unpaired) electrons. The summed E-state index contributed by atoms with van der Waals surface area (Å²) in [5, 5.41) is 6.01. The molecule has 0 aliphatic heterocycles. The second kappa shape index (κ2) is 9.20. The lowest BCUT2D eigenvalue weighted by atomic mass is 10.6. The number of aliphatic imine (C=N–C) groups is 1. The number of ether oxygens (including phenoxy) is 1. The van der Waals surface area contributed by atoms with E-state index >= 15 is 0 Å². The summed E-state index contributed by atoms with van der Waals surface area (Å²) >= 11 is 0. The van der Waals surface area contributed by atoms with E-state index in [0.29, 0.717) is 38.8 Å². The number of guanidine groups is 1. The molecule has 17 heavy (non-hydrogen) atoms. The summed E-state index contributed by atoms with van der Waals surface area (Å²) < 4.78 is 29.1. The molecule has 0 aliphatic carbocycles. The molecule has 7 nitrogen and oxygen atoms in total. The summed E-state index contributed by atoms with van der Waals surface area (Å²) in [6, 6.07) is 0. The largest absolute Gasteiger partial charge is 0.380 e. The van der Waals surface area contributed by atoms with Crippen molar-refractivity contribution in [1.82, 2.24) is 15.4 Å². The fourth-order valence-corrected chi connectivity index (χ4v) is 1.50. The van der Waals surface area contributed by atoms with Crippen LogP contribution in [-0.2, 0) is 14.8 Å². The molecular weight excluding hydrogens is 244 g/mol. The fraction of sp³-hybridized carbons (Fsp3) is 0.889. The third kappa shape index (κ3) is 11.4. The molecule has 8 heteroatoms. The van der Waals surface area contributed by atoms with Crippen molar-refractivity contribution < 1.29 is 13.2 Å². The molecule has 0 amide bonds. The molecular formula is C9H22N4O3S. The van der Waals surface area contributed by atoms with Crippen molar-refractivity contribution >= 4 is 16.0 Å². The summed E-state index contributed by atoms with van der Waals surface area (Å²) in [6.07, 6.45) is 1.13. The van der Waals surface area contributed by atoms with Gasteiger partial charge < -0.3 is 15.4 Å². The number of nitrogens with one attached hydrogen (secondary N) is 3. The van der Waals surface area contributed by atoms with E-state index < -0.39 is 10.0 Å². The molecule has 0 aromatic heterocycles. The lowest BCUT2D eigenvalue weighted by Crippen LogP contribution is -2.42. The maximum absolute atomic E-state index is 10.8. The molecule has 0 heterocycles. The minimum atomic E-state index is -3.12. The van der Waals surface area contributed by atoms with E-state index in [4.69, 9.17) is 4.74 Å². The van der Waals surface area contributed by atoms with Gasteiger partial charge in [0.1, 0.15) is 0 Å². The highest BCUT2D eigenvalue weighted by Crippen LogP contribution is 1.74. The average Bonchev–Trinajstić information content (AvgIpc) is 2.25. The number of hydrogen-bond acceptors (Lipinski definition) is 4. The van der Waals surface area contributed by atoms with Crippen LogP contribution in [0.2, 0.25) is 0 Å². The van der Waals surface area contributed by atoms with Crippen molar-refractivity contribution in [3.8, 4) is 0 Å². The third-order valence-corrected chi connectivity index (χ3v) is 2.48. The van der Waals surface area contributed by atoms with Crippen LogP contribution in [0.5, 0.6) is 0 Å². The van der Waals surface area contributed by atoms with Crippen molar-refractivity contribution in [3.05, 3.63) is 0 Å². The Morgan fingerprint density at radius 3 is 2.41 bits per heavy atom. The van der Waals surface area contributed by atoms with Gasteiger partial charge >= 0.3 is 0 Å². The zero-order chi connectivity index (χ0) is 13.1. The summed E-state index contributed by atoms with van der Waals surface area (Å²) in [6.45, 7) is 4.69. The third-order valence-electron chi connectivity index (χ3n) is 1.75. The molecule has 0 rings (SSSR count). The number of sulfonamides is 1. The summed E-state index contributed by atoms with van der Waals surface area (Å²) in [4.78, 5) is 3.98. The molecule has 102 valence electrons. The first-order valence-electron chi connectivity index (χ1n) is 5.46. The Kier molecular flexibility index (Phi) is 8.73. The average molecular weight is 266 g/mol. The zero-order valence-electron chi connectivity index (χ0n) is 10.6. The van der Waals surface area contributed by atoms with Crippen LogP contribution in [0.1, 0.15) is 6.92 Å². The molecule has 0 aromatic carbocycles. The molecule has 0 saturated heterocycles. The number of rotatable bonds is 8. The van der Waals surface area contributed by atoms with E-state index in [2.05, 4.69) is 20.3 Å². The monoisotopic (exact) mass is 266 g/mol. The van der Waals surface area contributed by atoms with E-state index in [1.807, 2.05) is 6.92 Å². The summed E-state index contributed by atoms with van der Waals surface area (Å²) in [5.74, 6) is 0.625. The highest BCUT2D eigenvalue weighted by Gasteiger charge is 2.00. The predicted molar refractivity (Wildman–Crippen MR) is 68.7 cm³/mol. The second-order valence-corrected chi connectivity index (χ2v) is 5.12. The van der Waals surface area contributed by atoms with Gasteiger partial charge in [0, 0.05) is 33.3 Å². The Balaban J connectivity index is 3.62. The minimum absolute atomic E-state index is 0.324. The van der Waals surface area contributed by atoms with E-state index in [1.54, 1.807) is 7.05 Å². The van der Waals surface area contributed by atoms with E-state index in [0.717, 1.165) is 6.26 Å². The Morgan fingerprint density at radius 2 is 1.88 bits per heavy atom. The molecule has 0 bridgehead atoms. The van der Waals surface area contributed by atoms with Gasteiger partial charge in [-0.1, -0.05) is 0 Å². The van der Waals surface area contributed by atoms with Crippen LogP contribution in [-0.4, -0.2) is 60.5 Å². The van der Waals surface area contributed by atoms with E-state index in [9.17, 15) is 8.42 Å². The number of hydrogen-bond donors (Lipinski definition) is 3. The molecule has 0 spiro atoms. The minimum Gasteiger partial charge on any atom is -0.380 e. The molecule has 0 saturated carbocycles. The van der Waals surface area contributed by atoms with Gasteiger partial charge in [-0.15, -0.1) is 0 Å². The highest BCUT2D eigenvalue weighted by molar-refractivity contribution is 7.88. The predicted octanol–water partition coefficient (Wildman–Crippen LogP) is -1.26. The normalized spacial score (nSPS) is 12.5. The lowest BCUT2D eigenvalue weighted by Gasteiger charge is -2.11. The Hall–Kier alpha value is -0.860.